The molecule has 0 aliphatic rings. The summed E-state index contributed by atoms with van der Waals surface area (Å²) in [6, 6.07) is 11.9. The van der Waals surface area contributed by atoms with Crippen molar-refractivity contribution in [3.63, 3.8) is 0 Å². The number of thioether (sulfide) groups is 1. The van der Waals surface area contributed by atoms with Crippen LogP contribution in [0.5, 0.6) is 5.75 Å². The molecule has 152 valence electrons. The number of ether oxygens (including phenoxy) is 1. The molecule has 0 atom stereocenters. The molecule has 0 spiro atoms. The molecule has 0 aliphatic heterocycles. The van der Waals surface area contributed by atoms with Crippen LogP contribution in [0.1, 0.15) is 5.56 Å². The number of hydrogen-bond acceptors (Lipinski definition) is 5. The van der Waals surface area contributed by atoms with E-state index in [4.69, 9.17) is 11.6 Å². The van der Waals surface area contributed by atoms with Gasteiger partial charge in [-0.15, -0.1) is 10.2 Å². The summed E-state index contributed by atoms with van der Waals surface area (Å²) in [5.74, 6) is 0.352. The van der Waals surface area contributed by atoms with Gasteiger partial charge < -0.3 is 14.6 Å². The first-order valence-electron chi connectivity index (χ1n) is 8.47. The first-order valence-corrected chi connectivity index (χ1v) is 9.84. The number of halogens is 3. The third-order valence-corrected chi connectivity index (χ3v) is 5.30. The number of amides is 1. The van der Waals surface area contributed by atoms with Gasteiger partial charge in [0.1, 0.15) is 5.75 Å². The standard InChI is InChI=1S/C19H17ClF2N4O2S/c1-11-5-3-4-6-13(11)17-24-25-19(26(17)2)29-10-16(27)23-12-7-8-15(14(20)9-12)28-18(21)22/h3-9,18H,10H2,1-2H3,(H,23,27). The Balaban J connectivity index is 1.62. The molecule has 1 heterocycles. The van der Waals surface area contributed by atoms with E-state index in [2.05, 4.69) is 20.3 Å². The van der Waals surface area contributed by atoms with Crippen LogP contribution in [0.15, 0.2) is 47.6 Å². The van der Waals surface area contributed by atoms with Crippen molar-refractivity contribution in [2.75, 3.05) is 11.1 Å². The molecule has 1 amide bonds. The molecule has 0 radical (unpaired) electrons. The molecule has 0 saturated carbocycles. The van der Waals surface area contributed by atoms with Crippen molar-refractivity contribution in [3.05, 3.63) is 53.1 Å². The maximum atomic E-state index is 12.3. The Hall–Kier alpha value is -2.65. The highest BCUT2D eigenvalue weighted by Crippen LogP contribution is 2.29. The number of nitrogens with zero attached hydrogens (tertiary/aromatic N) is 3. The number of hydrogen-bond donors (Lipinski definition) is 1. The minimum absolute atomic E-state index is 0.0214. The Morgan fingerprint density at radius 1 is 1.28 bits per heavy atom. The molecular weight excluding hydrogens is 422 g/mol. The van der Waals surface area contributed by atoms with E-state index in [1.54, 1.807) is 0 Å². The van der Waals surface area contributed by atoms with E-state index in [9.17, 15) is 13.6 Å². The Labute approximate surface area is 175 Å². The molecule has 0 aliphatic carbocycles. The molecule has 1 N–H and O–H groups in total. The van der Waals surface area contributed by atoms with Gasteiger partial charge in [0.25, 0.3) is 0 Å². The quantitative estimate of drug-likeness (QED) is 0.538. The minimum Gasteiger partial charge on any atom is -0.433 e. The lowest BCUT2D eigenvalue weighted by molar-refractivity contribution is -0.113. The van der Waals surface area contributed by atoms with E-state index in [-0.39, 0.29) is 22.4 Å². The second-order valence-electron chi connectivity index (χ2n) is 6.04. The molecule has 6 nitrogen and oxygen atoms in total. The summed E-state index contributed by atoms with van der Waals surface area (Å²) in [5.41, 5.74) is 2.42. The lowest BCUT2D eigenvalue weighted by atomic mass is 10.1. The SMILES string of the molecule is Cc1ccccc1-c1nnc(SCC(=O)Nc2ccc(OC(F)F)c(Cl)c2)n1C. The molecule has 2 aromatic carbocycles. The number of rotatable bonds is 7. The smallest absolute Gasteiger partial charge is 0.387 e. The number of carbonyl (C=O) groups is 1. The van der Waals surface area contributed by atoms with Crippen LogP contribution in [-0.2, 0) is 11.8 Å². The van der Waals surface area contributed by atoms with Crippen molar-refractivity contribution >= 4 is 35.0 Å². The molecule has 10 heteroatoms. The van der Waals surface area contributed by atoms with E-state index >= 15 is 0 Å². The molecular formula is C19H17ClF2N4O2S. The van der Waals surface area contributed by atoms with Gasteiger partial charge in [-0.2, -0.15) is 8.78 Å². The van der Waals surface area contributed by atoms with Crippen molar-refractivity contribution in [2.24, 2.45) is 7.05 Å². The van der Waals surface area contributed by atoms with Gasteiger partial charge in [0, 0.05) is 18.3 Å². The average molecular weight is 439 g/mol. The molecule has 3 aromatic rings. The highest BCUT2D eigenvalue weighted by molar-refractivity contribution is 7.99. The third kappa shape index (κ3) is 5.24. The van der Waals surface area contributed by atoms with Crippen molar-refractivity contribution in [2.45, 2.75) is 18.7 Å². The molecule has 0 bridgehead atoms. The van der Waals surface area contributed by atoms with Gasteiger partial charge in [-0.25, -0.2) is 0 Å². The predicted molar refractivity (Wildman–Crippen MR) is 109 cm³/mol. The van der Waals surface area contributed by atoms with Gasteiger partial charge in [-0.3, -0.25) is 4.79 Å². The fraction of sp³-hybridized carbons (Fsp3) is 0.211. The summed E-state index contributed by atoms with van der Waals surface area (Å²) in [4.78, 5) is 12.2. The van der Waals surface area contributed by atoms with Gasteiger partial charge in [-0.05, 0) is 30.7 Å². The van der Waals surface area contributed by atoms with E-state index < -0.39 is 6.61 Å². The number of benzene rings is 2. The summed E-state index contributed by atoms with van der Waals surface area (Å²) in [6.45, 7) is -0.979. The van der Waals surface area contributed by atoms with Gasteiger partial charge in [0.05, 0.1) is 10.8 Å². The second-order valence-corrected chi connectivity index (χ2v) is 7.39. The minimum atomic E-state index is -2.97. The van der Waals surface area contributed by atoms with Crippen LogP contribution >= 0.6 is 23.4 Å². The summed E-state index contributed by atoms with van der Waals surface area (Å²) < 4.78 is 30.6. The van der Waals surface area contributed by atoms with E-state index in [1.807, 2.05) is 42.8 Å². The van der Waals surface area contributed by atoms with Crippen LogP contribution < -0.4 is 10.1 Å². The van der Waals surface area contributed by atoms with Crippen molar-refractivity contribution in [1.29, 1.82) is 0 Å². The normalized spacial score (nSPS) is 11.0. The van der Waals surface area contributed by atoms with Crippen molar-refractivity contribution in [3.8, 4) is 17.1 Å². The number of alkyl halides is 2. The Morgan fingerprint density at radius 2 is 2.03 bits per heavy atom. The molecule has 3 rings (SSSR count). The number of aromatic nitrogens is 3. The monoisotopic (exact) mass is 438 g/mol. The fourth-order valence-corrected chi connectivity index (χ4v) is 3.53. The number of anilines is 1. The zero-order valence-electron chi connectivity index (χ0n) is 15.5. The van der Waals surface area contributed by atoms with E-state index in [1.165, 1.54) is 30.0 Å². The van der Waals surface area contributed by atoms with Crippen LogP contribution in [0.25, 0.3) is 11.4 Å². The lowest BCUT2D eigenvalue weighted by Gasteiger charge is -2.09. The van der Waals surface area contributed by atoms with Crippen LogP contribution in [0, 0.1) is 6.92 Å². The van der Waals surface area contributed by atoms with Crippen LogP contribution in [0.2, 0.25) is 5.02 Å². The average Bonchev–Trinajstić information content (AvgIpc) is 3.03. The second kappa shape index (κ2) is 9.23. The Kier molecular flexibility index (Phi) is 6.71. The highest BCUT2D eigenvalue weighted by atomic mass is 35.5. The number of aryl methyl sites for hydroxylation is 1. The van der Waals surface area contributed by atoms with Gasteiger partial charge in [0.15, 0.2) is 11.0 Å². The van der Waals surface area contributed by atoms with E-state index in [0.29, 0.717) is 16.7 Å². The Bertz CT molecular complexity index is 1030. The first kappa shape index (κ1) is 21.1. The van der Waals surface area contributed by atoms with Crippen LogP contribution in [0.3, 0.4) is 0 Å². The molecule has 0 saturated heterocycles. The number of nitrogens with one attached hydrogen (secondary N) is 1. The molecule has 0 unspecified atom stereocenters. The van der Waals surface area contributed by atoms with Crippen LogP contribution in [-0.4, -0.2) is 33.0 Å². The summed E-state index contributed by atoms with van der Waals surface area (Å²) in [7, 11) is 1.84. The van der Waals surface area contributed by atoms with Crippen LogP contribution in [0.4, 0.5) is 14.5 Å². The summed E-state index contributed by atoms with van der Waals surface area (Å²) in [5, 5.41) is 11.6. The zero-order valence-corrected chi connectivity index (χ0v) is 17.1. The Morgan fingerprint density at radius 3 is 2.72 bits per heavy atom. The highest BCUT2D eigenvalue weighted by Gasteiger charge is 2.15. The third-order valence-electron chi connectivity index (χ3n) is 3.98. The number of carbonyl (C=O) groups excluding carboxylic acids is 1. The molecule has 0 fully saturated rings. The fourth-order valence-electron chi connectivity index (χ4n) is 2.60. The largest absolute Gasteiger partial charge is 0.433 e. The lowest BCUT2D eigenvalue weighted by Crippen LogP contribution is -2.14. The zero-order chi connectivity index (χ0) is 21.0. The maximum absolute atomic E-state index is 12.3. The maximum Gasteiger partial charge on any atom is 0.387 e. The van der Waals surface area contributed by atoms with Crippen molar-refractivity contribution in [1.82, 2.24) is 14.8 Å². The summed E-state index contributed by atoms with van der Waals surface area (Å²) in [6.07, 6.45) is 0. The predicted octanol–water partition coefficient (Wildman–Crippen LogP) is 4.78. The summed E-state index contributed by atoms with van der Waals surface area (Å²) >= 11 is 7.12. The topological polar surface area (TPSA) is 69.0 Å². The molecule has 29 heavy (non-hydrogen) atoms. The van der Waals surface area contributed by atoms with Gasteiger partial charge in [-0.1, -0.05) is 47.6 Å². The van der Waals surface area contributed by atoms with Gasteiger partial charge in [0.2, 0.25) is 5.91 Å². The van der Waals surface area contributed by atoms with E-state index in [0.717, 1.165) is 11.1 Å². The first-order chi connectivity index (χ1) is 13.8. The van der Waals surface area contributed by atoms with Gasteiger partial charge >= 0.3 is 6.61 Å². The molecule has 1 aromatic heterocycles. The van der Waals surface area contributed by atoms with Crippen molar-refractivity contribution < 1.29 is 18.3 Å².